The molecular weight excluding hydrogens is 577 g/mol. The number of aliphatic carboxylic acids is 1. The Morgan fingerprint density at radius 3 is 2.62 bits per heavy atom. The van der Waals surface area contributed by atoms with Crippen molar-refractivity contribution < 1.29 is 9.90 Å². The van der Waals surface area contributed by atoms with E-state index in [0.717, 1.165) is 58.8 Å². The summed E-state index contributed by atoms with van der Waals surface area (Å²) in [6, 6.07) is 21.9. The minimum atomic E-state index is -0.685. The van der Waals surface area contributed by atoms with Crippen molar-refractivity contribution >= 4 is 74.6 Å². The van der Waals surface area contributed by atoms with E-state index in [-0.39, 0.29) is 11.8 Å². The smallest absolute Gasteiger partial charge is 0.303 e. The Morgan fingerprint density at radius 2 is 1.90 bits per heavy atom. The third-order valence-electron chi connectivity index (χ3n) is 7.99. The van der Waals surface area contributed by atoms with Crippen molar-refractivity contribution in [3.8, 4) is 0 Å². The quantitative estimate of drug-likeness (QED) is 0.174. The molecule has 2 aliphatic carbocycles. The molecule has 2 aromatic heterocycles. The van der Waals surface area contributed by atoms with Crippen LogP contribution in [0, 0.1) is 5.41 Å². The molecule has 2 aromatic carbocycles. The van der Waals surface area contributed by atoms with Gasteiger partial charge in [-0.1, -0.05) is 77.8 Å². The molecule has 0 aliphatic heterocycles. The first-order valence-electron chi connectivity index (χ1n) is 13.8. The van der Waals surface area contributed by atoms with E-state index in [4.69, 9.17) is 28.2 Å². The molecule has 6 rings (SSSR count). The lowest BCUT2D eigenvalue weighted by molar-refractivity contribution is -0.138. The molecule has 0 spiro atoms. The number of pyridine rings is 1. The summed E-state index contributed by atoms with van der Waals surface area (Å²) in [6.07, 6.45) is 11.1. The first-order valence-corrected chi connectivity index (χ1v) is 16.4. The molecule has 40 heavy (non-hydrogen) atoms. The molecule has 3 nitrogen and oxygen atoms in total. The number of halogens is 2. The van der Waals surface area contributed by atoms with Gasteiger partial charge in [-0.2, -0.15) is 11.8 Å². The van der Waals surface area contributed by atoms with Crippen molar-refractivity contribution in [2.45, 2.75) is 56.1 Å². The predicted molar refractivity (Wildman–Crippen MR) is 171 cm³/mol. The van der Waals surface area contributed by atoms with E-state index in [1.54, 1.807) is 0 Å². The summed E-state index contributed by atoms with van der Waals surface area (Å²) in [5, 5.41) is 10.2. The molecule has 0 saturated heterocycles. The first kappa shape index (κ1) is 27.8. The highest BCUT2D eigenvalue weighted by Gasteiger charge is 2.44. The number of carboxylic acids is 1. The highest BCUT2D eigenvalue weighted by atomic mass is 35.5. The fourth-order valence-corrected chi connectivity index (χ4v) is 8.22. The number of thioether (sulfide) groups is 1. The monoisotopic (exact) mass is 607 g/mol. The van der Waals surface area contributed by atoms with E-state index in [2.05, 4.69) is 54.6 Å². The Kier molecular flexibility index (Phi) is 8.28. The SMILES string of the molecule is O=C(O)CC1(CSC(CCc2ccc(C3CC3)cc2)c2cccc(C=Cc3ccc4sc(Cl)c(Cl)c4n3)c2)CC1. The molecule has 2 aliphatic rings. The number of thiophene rings is 1. The van der Waals surface area contributed by atoms with Crippen LogP contribution in [0.25, 0.3) is 22.4 Å². The molecule has 206 valence electrons. The van der Waals surface area contributed by atoms with Gasteiger partial charge in [-0.3, -0.25) is 4.79 Å². The molecule has 1 N–H and O–H groups in total. The van der Waals surface area contributed by atoms with E-state index >= 15 is 0 Å². The summed E-state index contributed by atoms with van der Waals surface area (Å²) < 4.78 is 1.55. The lowest BCUT2D eigenvalue weighted by Crippen LogP contribution is -2.12. The molecule has 0 bridgehead atoms. The van der Waals surface area contributed by atoms with Crippen LogP contribution in [0.1, 0.15) is 77.6 Å². The minimum Gasteiger partial charge on any atom is -0.481 e. The number of carboxylic acid groups (broad SMARTS) is 1. The number of rotatable bonds is 12. The maximum absolute atomic E-state index is 11.5. The zero-order valence-electron chi connectivity index (χ0n) is 22.1. The maximum Gasteiger partial charge on any atom is 0.303 e. The van der Waals surface area contributed by atoms with Crippen LogP contribution in [0.2, 0.25) is 9.36 Å². The predicted octanol–water partition coefficient (Wildman–Crippen LogP) is 10.3. The van der Waals surface area contributed by atoms with E-state index < -0.39 is 5.97 Å². The Balaban J connectivity index is 1.19. The minimum absolute atomic E-state index is 0.0334. The van der Waals surface area contributed by atoms with Gasteiger partial charge in [0.15, 0.2) is 0 Å². The second-order valence-corrected chi connectivity index (χ2v) is 14.4. The van der Waals surface area contributed by atoms with Crippen LogP contribution in [-0.2, 0) is 11.2 Å². The highest BCUT2D eigenvalue weighted by molar-refractivity contribution is 7.99. The maximum atomic E-state index is 11.5. The summed E-state index contributed by atoms with van der Waals surface area (Å²) in [5.41, 5.74) is 6.77. The van der Waals surface area contributed by atoms with Gasteiger partial charge in [0.1, 0.15) is 9.85 Å². The molecular formula is C33H31Cl2NO2S2. The lowest BCUT2D eigenvalue weighted by atomic mass is 10.00. The molecule has 2 heterocycles. The van der Waals surface area contributed by atoms with E-state index in [1.165, 1.54) is 40.9 Å². The van der Waals surface area contributed by atoms with Gasteiger partial charge >= 0.3 is 5.97 Å². The average Bonchev–Trinajstić information content (AvgIpc) is 3.89. The van der Waals surface area contributed by atoms with Gasteiger partial charge in [0.2, 0.25) is 0 Å². The van der Waals surface area contributed by atoms with Crippen LogP contribution >= 0.6 is 46.3 Å². The Morgan fingerprint density at radius 1 is 1.10 bits per heavy atom. The number of nitrogens with zero attached hydrogens (tertiary/aromatic N) is 1. The zero-order valence-corrected chi connectivity index (χ0v) is 25.3. The standard InChI is InChI=1S/C33H31Cl2NO2S2/c34-30-31-28(40-32(30)35)15-13-26(36-31)12-6-22-2-1-3-25(18-22)27(39-20-33(16-17-33)19-29(37)38)14-7-21-4-8-23(9-5-21)24-10-11-24/h1-6,8-9,12-13,15,18,24,27H,7,10-11,14,16-17,19-20H2,(H,37,38). The first-order chi connectivity index (χ1) is 19.4. The molecule has 2 saturated carbocycles. The Labute approximate surface area is 253 Å². The van der Waals surface area contributed by atoms with Gasteiger partial charge in [-0.15, -0.1) is 11.3 Å². The molecule has 2 fully saturated rings. The fraction of sp³-hybridized carbons (Fsp3) is 0.333. The lowest BCUT2D eigenvalue weighted by Gasteiger charge is -2.21. The van der Waals surface area contributed by atoms with Gasteiger partial charge in [0.05, 0.1) is 21.8 Å². The van der Waals surface area contributed by atoms with Crippen molar-refractivity contribution in [3.63, 3.8) is 0 Å². The zero-order chi connectivity index (χ0) is 27.7. The van der Waals surface area contributed by atoms with E-state index in [0.29, 0.717) is 14.6 Å². The highest BCUT2D eigenvalue weighted by Crippen LogP contribution is 2.53. The van der Waals surface area contributed by atoms with Crippen molar-refractivity contribution in [3.05, 3.63) is 98.0 Å². The number of hydrogen-bond acceptors (Lipinski definition) is 4. The third kappa shape index (κ3) is 6.76. The number of fused-ring (bicyclic) bond motifs is 1. The second-order valence-electron chi connectivity index (χ2n) is 11.2. The summed E-state index contributed by atoms with van der Waals surface area (Å²) in [4.78, 5) is 16.1. The van der Waals surface area contributed by atoms with Crippen molar-refractivity contribution in [1.29, 1.82) is 0 Å². The third-order valence-corrected chi connectivity index (χ3v) is 11.6. The van der Waals surface area contributed by atoms with Crippen molar-refractivity contribution in [2.24, 2.45) is 5.41 Å². The van der Waals surface area contributed by atoms with E-state index in [1.807, 2.05) is 30.0 Å². The second kappa shape index (κ2) is 11.9. The summed E-state index contributed by atoms with van der Waals surface area (Å²) in [7, 11) is 0. The number of benzene rings is 2. The van der Waals surface area contributed by atoms with Crippen molar-refractivity contribution in [2.75, 3.05) is 5.75 Å². The summed E-state index contributed by atoms with van der Waals surface area (Å²) >= 11 is 15.9. The molecule has 0 radical (unpaired) electrons. The van der Waals surface area contributed by atoms with Gasteiger partial charge in [-0.25, -0.2) is 4.98 Å². The average molecular weight is 609 g/mol. The number of hydrogen-bond donors (Lipinski definition) is 1. The topological polar surface area (TPSA) is 50.2 Å². The Hall–Kier alpha value is -2.31. The normalized spacial score (nSPS) is 16.9. The summed E-state index contributed by atoms with van der Waals surface area (Å²) in [6.45, 7) is 0. The Bertz CT molecular complexity index is 1550. The van der Waals surface area contributed by atoms with Crippen LogP contribution in [0.3, 0.4) is 0 Å². The van der Waals surface area contributed by atoms with Crippen LogP contribution in [0.4, 0.5) is 0 Å². The molecule has 4 aromatic rings. The van der Waals surface area contributed by atoms with Gasteiger partial charge in [0, 0.05) is 11.0 Å². The van der Waals surface area contributed by atoms with Crippen molar-refractivity contribution in [1.82, 2.24) is 4.98 Å². The fourth-order valence-electron chi connectivity index (χ4n) is 5.24. The van der Waals surface area contributed by atoms with Gasteiger partial charge in [-0.05, 0) is 90.3 Å². The number of carbonyl (C=O) groups is 1. The van der Waals surface area contributed by atoms with Gasteiger partial charge in [0.25, 0.3) is 0 Å². The number of aryl methyl sites for hydroxylation is 1. The molecule has 0 amide bonds. The molecule has 1 unspecified atom stereocenters. The molecule has 7 heteroatoms. The van der Waals surface area contributed by atoms with Crippen LogP contribution in [0.15, 0.2) is 60.7 Å². The van der Waals surface area contributed by atoms with Crippen LogP contribution in [0.5, 0.6) is 0 Å². The summed E-state index contributed by atoms with van der Waals surface area (Å²) in [5.74, 6) is 0.975. The van der Waals surface area contributed by atoms with Gasteiger partial charge < -0.3 is 5.11 Å². The van der Waals surface area contributed by atoms with E-state index in [9.17, 15) is 9.90 Å². The van der Waals surface area contributed by atoms with Crippen LogP contribution in [-0.4, -0.2) is 21.8 Å². The van der Waals surface area contributed by atoms with Crippen LogP contribution < -0.4 is 0 Å². The molecule has 1 atom stereocenters. The number of aromatic nitrogens is 1. The largest absolute Gasteiger partial charge is 0.481 e.